The van der Waals surface area contributed by atoms with Crippen LogP contribution in [0.5, 0.6) is 0 Å². The van der Waals surface area contributed by atoms with E-state index in [1.54, 1.807) is 18.2 Å². The van der Waals surface area contributed by atoms with Gasteiger partial charge in [0.1, 0.15) is 5.82 Å². The van der Waals surface area contributed by atoms with Gasteiger partial charge in [0.2, 0.25) is 0 Å². The van der Waals surface area contributed by atoms with E-state index in [9.17, 15) is 14.0 Å². The molecule has 1 aromatic rings. The first-order chi connectivity index (χ1) is 12.1. The lowest BCUT2D eigenvalue weighted by Crippen LogP contribution is -2.08. The molecule has 0 amide bonds. The summed E-state index contributed by atoms with van der Waals surface area (Å²) in [5, 5.41) is 0. The molecule has 0 spiro atoms. The molecule has 0 atom stereocenters. The van der Waals surface area contributed by atoms with Gasteiger partial charge in [0.05, 0.1) is 13.2 Å². The van der Waals surface area contributed by atoms with E-state index in [0.717, 1.165) is 38.5 Å². The topological polar surface area (TPSA) is 52.6 Å². The van der Waals surface area contributed by atoms with Gasteiger partial charge in [-0.2, -0.15) is 0 Å². The zero-order valence-corrected chi connectivity index (χ0v) is 15.1. The molecule has 5 heteroatoms. The number of esters is 2. The zero-order chi connectivity index (χ0) is 18.3. The van der Waals surface area contributed by atoms with E-state index in [1.165, 1.54) is 6.07 Å². The fraction of sp³-hybridized carbons (Fsp3) is 0.600. The molecule has 0 aromatic heterocycles. The summed E-state index contributed by atoms with van der Waals surface area (Å²) in [4.78, 5) is 22.8. The third-order valence-corrected chi connectivity index (χ3v) is 3.91. The summed E-state index contributed by atoms with van der Waals surface area (Å²) in [5.74, 6) is -0.610. The number of hydrogen-bond donors (Lipinski definition) is 0. The standard InChI is InChI=1S/C20H29FO4/c1-2-24-19(22)13-7-5-3-4-6-8-14-20(23)25-16-15-17-11-9-10-12-18(17)21/h9-12H,2-8,13-16H2,1H3. The Kier molecular flexibility index (Phi) is 11.3. The highest BCUT2D eigenvalue weighted by Crippen LogP contribution is 2.10. The van der Waals surface area contributed by atoms with Gasteiger partial charge in [0.25, 0.3) is 0 Å². The molecule has 0 saturated carbocycles. The molecule has 0 unspecified atom stereocenters. The normalized spacial score (nSPS) is 10.5. The number of unbranched alkanes of at least 4 members (excludes halogenated alkanes) is 5. The van der Waals surface area contributed by atoms with Gasteiger partial charge < -0.3 is 9.47 Å². The van der Waals surface area contributed by atoms with E-state index < -0.39 is 0 Å². The second-order valence-electron chi connectivity index (χ2n) is 5.99. The molecule has 1 aromatic carbocycles. The van der Waals surface area contributed by atoms with Gasteiger partial charge >= 0.3 is 11.9 Å². The van der Waals surface area contributed by atoms with E-state index in [4.69, 9.17) is 9.47 Å². The number of halogens is 1. The number of benzene rings is 1. The van der Waals surface area contributed by atoms with Crippen molar-refractivity contribution in [2.24, 2.45) is 0 Å². The first-order valence-electron chi connectivity index (χ1n) is 9.18. The molecule has 0 bridgehead atoms. The molecule has 0 heterocycles. The van der Waals surface area contributed by atoms with E-state index in [2.05, 4.69) is 0 Å². The van der Waals surface area contributed by atoms with Crippen molar-refractivity contribution in [1.82, 2.24) is 0 Å². The van der Waals surface area contributed by atoms with Crippen LogP contribution in [0.2, 0.25) is 0 Å². The molecule has 0 fully saturated rings. The highest BCUT2D eigenvalue weighted by atomic mass is 19.1. The van der Waals surface area contributed by atoms with Gasteiger partial charge in [-0.1, -0.05) is 43.9 Å². The van der Waals surface area contributed by atoms with Crippen molar-refractivity contribution < 1.29 is 23.5 Å². The van der Waals surface area contributed by atoms with Gasteiger partial charge in [-0.05, 0) is 31.4 Å². The van der Waals surface area contributed by atoms with Crippen LogP contribution in [0.3, 0.4) is 0 Å². The largest absolute Gasteiger partial charge is 0.466 e. The van der Waals surface area contributed by atoms with Crippen molar-refractivity contribution in [3.8, 4) is 0 Å². The molecule has 4 nitrogen and oxygen atoms in total. The highest BCUT2D eigenvalue weighted by molar-refractivity contribution is 5.69. The van der Waals surface area contributed by atoms with Crippen molar-refractivity contribution in [2.45, 2.75) is 64.7 Å². The third-order valence-electron chi connectivity index (χ3n) is 3.91. The van der Waals surface area contributed by atoms with E-state index >= 15 is 0 Å². The van der Waals surface area contributed by atoms with Gasteiger partial charge in [0.15, 0.2) is 0 Å². The molecule has 0 N–H and O–H groups in total. The maximum Gasteiger partial charge on any atom is 0.305 e. The second kappa shape index (κ2) is 13.4. The van der Waals surface area contributed by atoms with Gasteiger partial charge in [-0.25, -0.2) is 4.39 Å². The monoisotopic (exact) mass is 352 g/mol. The maximum atomic E-state index is 13.4. The van der Waals surface area contributed by atoms with Crippen LogP contribution >= 0.6 is 0 Å². The fourth-order valence-electron chi connectivity index (χ4n) is 2.53. The van der Waals surface area contributed by atoms with Crippen molar-refractivity contribution >= 4 is 11.9 Å². The van der Waals surface area contributed by atoms with Gasteiger partial charge in [-0.3, -0.25) is 9.59 Å². The average molecular weight is 352 g/mol. The predicted molar refractivity (Wildman–Crippen MR) is 94.6 cm³/mol. The van der Waals surface area contributed by atoms with Crippen LogP contribution in [0.25, 0.3) is 0 Å². The summed E-state index contributed by atoms with van der Waals surface area (Å²) < 4.78 is 23.4. The lowest BCUT2D eigenvalue weighted by atomic mass is 10.1. The molecule has 25 heavy (non-hydrogen) atoms. The fourth-order valence-corrected chi connectivity index (χ4v) is 2.53. The minimum Gasteiger partial charge on any atom is -0.466 e. The summed E-state index contributed by atoms with van der Waals surface area (Å²) >= 11 is 0. The molecule has 0 saturated heterocycles. The Morgan fingerprint density at radius 3 is 2.04 bits per heavy atom. The summed E-state index contributed by atoms with van der Waals surface area (Å²) in [6.45, 7) is 2.46. The van der Waals surface area contributed by atoms with Gasteiger partial charge in [0, 0.05) is 19.3 Å². The molecule has 0 aliphatic heterocycles. The number of carbonyl (C=O) groups is 2. The Labute approximate surface area is 149 Å². The quantitative estimate of drug-likeness (QED) is 0.385. The number of rotatable bonds is 13. The van der Waals surface area contributed by atoms with Crippen molar-refractivity contribution in [1.29, 1.82) is 0 Å². The number of ether oxygens (including phenoxy) is 2. The average Bonchev–Trinajstić information content (AvgIpc) is 2.59. The van der Waals surface area contributed by atoms with Crippen LogP contribution in [-0.4, -0.2) is 25.2 Å². The first kappa shape index (κ1) is 21.1. The summed E-state index contributed by atoms with van der Waals surface area (Å²) in [6.07, 6.45) is 7.04. The molecule has 0 aliphatic carbocycles. The number of hydrogen-bond acceptors (Lipinski definition) is 4. The van der Waals surface area contributed by atoms with Crippen LogP contribution < -0.4 is 0 Å². The molecular weight excluding hydrogens is 323 g/mol. The smallest absolute Gasteiger partial charge is 0.305 e. The Hall–Kier alpha value is -1.91. The second-order valence-corrected chi connectivity index (χ2v) is 5.99. The summed E-state index contributed by atoms with van der Waals surface area (Å²) in [6, 6.07) is 6.52. The Bertz CT molecular complexity index is 516. The van der Waals surface area contributed by atoms with Gasteiger partial charge in [-0.15, -0.1) is 0 Å². The van der Waals surface area contributed by atoms with Crippen LogP contribution in [0.1, 0.15) is 63.9 Å². The Morgan fingerprint density at radius 2 is 1.44 bits per heavy atom. The predicted octanol–water partition coefficient (Wildman–Crippen LogP) is 4.60. The highest BCUT2D eigenvalue weighted by Gasteiger charge is 2.05. The molecule has 0 aliphatic rings. The Morgan fingerprint density at radius 1 is 0.880 bits per heavy atom. The first-order valence-corrected chi connectivity index (χ1v) is 9.18. The van der Waals surface area contributed by atoms with Crippen molar-refractivity contribution in [3.05, 3.63) is 35.6 Å². The zero-order valence-electron chi connectivity index (χ0n) is 15.1. The van der Waals surface area contributed by atoms with E-state index in [1.807, 2.05) is 6.92 Å². The lowest BCUT2D eigenvalue weighted by Gasteiger charge is -2.06. The SMILES string of the molecule is CCOC(=O)CCCCCCCCC(=O)OCCc1ccccc1F. The van der Waals surface area contributed by atoms with Crippen LogP contribution in [-0.2, 0) is 25.5 Å². The van der Waals surface area contributed by atoms with Crippen molar-refractivity contribution in [2.75, 3.05) is 13.2 Å². The number of carbonyl (C=O) groups excluding carboxylic acids is 2. The maximum absolute atomic E-state index is 13.4. The van der Waals surface area contributed by atoms with Crippen LogP contribution in [0.4, 0.5) is 4.39 Å². The van der Waals surface area contributed by atoms with E-state index in [-0.39, 0.29) is 24.4 Å². The minimum atomic E-state index is -0.262. The molecule has 0 radical (unpaired) electrons. The minimum absolute atomic E-state index is 0.124. The molecule has 140 valence electrons. The Balaban J connectivity index is 1.93. The summed E-state index contributed by atoms with van der Waals surface area (Å²) in [7, 11) is 0. The molecular formula is C20H29FO4. The van der Waals surface area contributed by atoms with E-state index in [0.29, 0.717) is 31.4 Å². The van der Waals surface area contributed by atoms with Crippen LogP contribution in [0, 0.1) is 5.82 Å². The molecule has 1 rings (SSSR count). The third kappa shape index (κ3) is 10.5. The van der Waals surface area contributed by atoms with Crippen LogP contribution in [0.15, 0.2) is 24.3 Å². The van der Waals surface area contributed by atoms with Crippen molar-refractivity contribution in [3.63, 3.8) is 0 Å². The lowest BCUT2D eigenvalue weighted by molar-refractivity contribution is -0.144. The summed E-state index contributed by atoms with van der Waals surface area (Å²) in [5.41, 5.74) is 0.568.